The zero-order chi connectivity index (χ0) is 15.2. The number of nitrogens with zero attached hydrogens (tertiary/aromatic N) is 1. The Morgan fingerprint density at radius 3 is 2.81 bits per heavy atom. The Morgan fingerprint density at radius 2 is 2.05 bits per heavy atom. The lowest BCUT2D eigenvalue weighted by atomic mass is 9.99. The summed E-state index contributed by atoms with van der Waals surface area (Å²) in [5.74, 6) is 0.0365. The second kappa shape index (κ2) is 7.18. The lowest BCUT2D eigenvalue weighted by Crippen LogP contribution is -2.27. The van der Waals surface area contributed by atoms with Gasteiger partial charge >= 0.3 is 0 Å². The number of aryl methyl sites for hydroxylation is 2. The van der Waals surface area contributed by atoms with Gasteiger partial charge in [0, 0.05) is 31.3 Å². The first-order chi connectivity index (χ1) is 10.1. The van der Waals surface area contributed by atoms with Crippen molar-refractivity contribution in [1.29, 1.82) is 0 Å². The van der Waals surface area contributed by atoms with Crippen LogP contribution in [0.1, 0.15) is 23.2 Å². The van der Waals surface area contributed by atoms with Crippen molar-refractivity contribution in [3.63, 3.8) is 0 Å². The van der Waals surface area contributed by atoms with Gasteiger partial charge in [-0.05, 0) is 37.5 Å². The molecule has 4 heteroatoms. The number of ether oxygens (including phenoxy) is 1. The van der Waals surface area contributed by atoms with Crippen molar-refractivity contribution in [2.24, 2.45) is 0 Å². The number of nitrogens with one attached hydrogen (secondary N) is 1. The maximum absolute atomic E-state index is 12.0. The molecule has 0 aliphatic carbocycles. The van der Waals surface area contributed by atoms with E-state index in [1.165, 1.54) is 0 Å². The van der Waals surface area contributed by atoms with Crippen LogP contribution in [0.5, 0.6) is 0 Å². The van der Waals surface area contributed by atoms with E-state index in [0.29, 0.717) is 19.6 Å². The highest BCUT2D eigenvalue weighted by molar-refractivity contribution is 5.86. The second-order valence-corrected chi connectivity index (χ2v) is 5.19. The lowest BCUT2D eigenvalue weighted by Gasteiger charge is -2.12. The van der Waals surface area contributed by atoms with Crippen LogP contribution in [-0.2, 0) is 16.0 Å². The average Bonchev–Trinajstić information content (AvgIpc) is 2.48. The minimum Gasteiger partial charge on any atom is -0.385 e. The molecular weight excluding hydrogens is 264 g/mol. The Hall–Kier alpha value is -1.94. The molecule has 1 amide bonds. The van der Waals surface area contributed by atoms with Crippen LogP contribution in [0.4, 0.5) is 0 Å². The van der Waals surface area contributed by atoms with Crippen molar-refractivity contribution in [2.75, 3.05) is 20.3 Å². The van der Waals surface area contributed by atoms with Crippen LogP contribution in [0.25, 0.3) is 10.9 Å². The van der Waals surface area contributed by atoms with Gasteiger partial charge in [-0.3, -0.25) is 9.78 Å². The monoisotopic (exact) mass is 286 g/mol. The molecule has 1 N–H and O–H groups in total. The topological polar surface area (TPSA) is 51.2 Å². The Balaban J connectivity index is 2.13. The van der Waals surface area contributed by atoms with E-state index in [2.05, 4.69) is 23.3 Å². The molecule has 0 aliphatic heterocycles. The third-order valence-corrected chi connectivity index (χ3v) is 3.67. The molecule has 0 fully saturated rings. The number of carbonyl (C=O) groups excluding carboxylic acids is 1. The highest BCUT2D eigenvalue weighted by Gasteiger charge is 2.12. The number of hydrogen-bond donors (Lipinski definition) is 1. The molecule has 0 saturated heterocycles. The minimum atomic E-state index is 0.0365. The van der Waals surface area contributed by atoms with Crippen LogP contribution in [0.3, 0.4) is 0 Å². The fourth-order valence-electron chi connectivity index (χ4n) is 2.50. The predicted molar refractivity (Wildman–Crippen MR) is 84.4 cm³/mol. The number of amides is 1. The van der Waals surface area contributed by atoms with Gasteiger partial charge in [-0.2, -0.15) is 0 Å². The van der Waals surface area contributed by atoms with E-state index in [1.807, 2.05) is 25.1 Å². The Labute approximate surface area is 125 Å². The van der Waals surface area contributed by atoms with E-state index >= 15 is 0 Å². The number of methoxy groups -OCH3 is 1. The van der Waals surface area contributed by atoms with Crippen LogP contribution in [0.15, 0.2) is 24.3 Å². The molecule has 2 aromatic rings. The number of aromatic nitrogens is 1. The molecule has 4 nitrogen and oxygen atoms in total. The highest BCUT2D eigenvalue weighted by Crippen LogP contribution is 2.22. The quantitative estimate of drug-likeness (QED) is 0.830. The summed E-state index contributed by atoms with van der Waals surface area (Å²) in [4.78, 5) is 16.6. The van der Waals surface area contributed by atoms with Crippen LogP contribution in [0, 0.1) is 13.8 Å². The van der Waals surface area contributed by atoms with Gasteiger partial charge in [0.05, 0.1) is 11.9 Å². The van der Waals surface area contributed by atoms with E-state index in [9.17, 15) is 4.79 Å². The summed E-state index contributed by atoms with van der Waals surface area (Å²) in [6.45, 7) is 5.33. The molecule has 112 valence electrons. The normalized spacial score (nSPS) is 10.8. The molecule has 1 heterocycles. The molecule has 0 bridgehead atoms. The number of carbonyl (C=O) groups is 1. The van der Waals surface area contributed by atoms with Crippen LogP contribution >= 0.6 is 0 Å². The third-order valence-electron chi connectivity index (χ3n) is 3.67. The summed E-state index contributed by atoms with van der Waals surface area (Å²) in [6.07, 6.45) is 1.21. The summed E-state index contributed by atoms with van der Waals surface area (Å²) in [7, 11) is 1.66. The van der Waals surface area contributed by atoms with Gasteiger partial charge < -0.3 is 10.1 Å². The Kier molecular flexibility index (Phi) is 5.28. The van der Waals surface area contributed by atoms with Gasteiger partial charge in [0.25, 0.3) is 0 Å². The van der Waals surface area contributed by atoms with Crippen molar-refractivity contribution in [2.45, 2.75) is 26.7 Å². The van der Waals surface area contributed by atoms with Crippen LogP contribution in [-0.4, -0.2) is 31.2 Å². The van der Waals surface area contributed by atoms with E-state index in [1.54, 1.807) is 7.11 Å². The molecule has 2 rings (SSSR count). The smallest absolute Gasteiger partial charge is 0.224 e. The first kappa shape index (κ1) is 15.4. The molecule has 0 radical (unpaired) electrons. The van der Waals surface area contributed by atoms with E-state index in [-0.39, 0.29) is 5.91 Å². The van der Waals surface area contributed by atoms with Crippen LogP contribution in [0.2, 0.25) is 0 Å². The van der Waals surface area contributed by atoms with Crippen molar-refractivity contribution in [1.82, 2.24) is 10.3 Å². The van der Waals surface area contributed by atoms with E-state index < -0.39 is 0 Å². The fraction of sp³-hybridized carbons (Fsp3) is 0.412. The predicted octanol–water partition coefficient (Wildman–Crippen LogP) is 2.55. The number of pyridine rings is 1. The molecule has 0 unspecified atom stereocenters. The zero-order valence-electron chi connectivity index (χ0n) is 12.9. The number of para-hydroxylation sites is 1. The molecule has 0 atom stereocenters. The standard InChI is InChI=1S/C17H22N2O2/c1-12-14-7-4-5-8-16(14)19-13(2)15(12)11-17(20)18-9-6-10-21-3/h4-5,7-8H,6,9-11H2,1-3H3,(H,18,20). The maximum Gasteiger partial charge on any atom is 0.224 e. The van der Waals surface area contributed by atoms with Gasteiger partial charge in [0.2, 0.25) is 5.91 Å². The SMILES string of the molecule is COCCCNC(=O)Cc1c(C)nc2ccccc2c1C. The molecule has 0 spiro atoms. The third kappa shape index (κ3) is 3.79. The van der Waals surface area contributed by atoms with Gasteiger partial charge in [-0.25, -0.2) is 0 Å². The first-order valence-electron chi connectivity index (χ1n) is 7.24. The molecule has 0 saturated carbocycles. The Bertz CT molecular complexity index is 638. The highest BCUT2D eigenvalue weighted by atomic mass is 16.5. The Morgan fingerprint density at radius 1 is 1.29 bits per heavy atom. The zero-order valence-corrected chi connectivity index (χ0v) is 12.9. The van der Waals surface area contributed by atoms with Crippen molar-refractivity contribution in [3.05, 3.63) is 41.1 Å². The molecule has 1 aromatic heterocycles. The van der Waals surface area contributed by atoms with Crippen LogP contribution < -0.4 is 5.32 Å². The van der Waals surface area contributed by atoms with Crippen molar-refractivity contribution < 1.29 is 9.53 Å². The molecule has 0 aliphatic rings. The average molecular weight is 286 g/mol. The van der Waals surface area contributed by atoms with Gasteiger partial charge in [0.1, 0.15) is 0 Å². The molecule has 1 aromatic carbocycles. The van der Waals surface area contributed by atoms with Gasteiger partial charge in [-0.1, -0.05) is 18.2 Å². The van der Waals surface area contributed by atoms with Gasteiger partial charge in [-0.15, -0.1) is 0 Å². The summed E-state index contributed by atoms with van der Waals surface area (Å²) in [6, 6.07) is 8.04. The largest absolute Gasteiger partial charge is 0.385 e. The fourth-order valence-corrected chi connectivity index (χ4v) is 2.50. The minimum absolute atomic E-state index is 0.0365. The van der Waals surface area contributed by atoms with Crippen molar-refractivity contribution >= 4 is 16.8 Å². The first-order valence-corrected chi connectivity index (χ1v) is 7.24. The number of hydrogen-bond acceptors (Lipinski definition) is 3. The van der Waals surface area contributed by atoms with E-state index in [0.717, 1.165) is 34.1 Å². The molecular formula is C17H22N2O2. The van der Waals surface area contributed by atoms with Gasteiger partial charge in [0.15, 0.2) is 0 Å². The molecule has 21 heavy (non-hydrogen) atoms. The summed E-state index contributed by atoms with van der Waals surface area (Å²) >= 11 is 0. The van der Waals surface area contributed by atoms with Crippen molar-refractivity contribution in [3.8, 4) is 0 Å². The second-order valence-electron chi connectivity index (χ2n) is 5.19. The number of fused-ring (bicyclic) bond motifs is 1. The van der Waals surface area contributed by atoms with E-state index in [4.69, 9.17) is 4.74 Å². The summed E-state index contributed by atoms with van der Waals surface area (Å²) in [5, 5.41) is 4.04. The summed E-state index contributed by atoms with van der Waals surface area (Å²) in [5.41, 5.74) is 4.08. The summed E-state index contributed by atoms with van der Waals surface area (Å²) < 4.78 is 4.97. The maximum atomic E-state index is 12.0. The number of benzene rings is 1. The lowest BCUT2D eigenvalue weighted by molar-refractivity contribution is -0.120. The number of rotatable bonds is 6.